The Morgan fingerprint density at radius 3 is 2.85 bits per heavy atom. The number of anilines is 1. The summed E-state index contributed by atoms with van der Waals surface area (Å²) in [5, 5.41) is 3.26. The Hall–Kier alpha value is -2.33. The summed E-state index contributed by atoms with van der Waals surface area (Å²) in [5.41, 5.74) is 5.25. The fourth-order valence-corrected chi connectivity index (χ4v) is 4.35. The highest BCUT2D eigenvalue weighted by molar-refractivity contribution is 5.82. The van der Waals surface area contributed by atoms with Gasteiger partial charge in [0.15, 0.2) is 0 Å². The van der Waals surface area contributed by atoms with Gasteiger partial charge in [-0.2, -0.15) is 0 Å². The number of fused-ring (bicyclic) bond motifs is 1. The van der Waals surface area contributed by atoms with E-state index in [1.165, 1.54) is 22.4 Å². The van der Waals surface area contributed by atoms with E-state index >= 15 is 0 Å². The highest BCUT2D eigenvalue weighted by atomic mass is 16.2. The predicted octanol–water partition coefficient (Wildman–Crippen LogP) is 3.14. The molecule has 2 aromatic rings. The molecule has 0 saturated carbocycles. The molecule has 1 atom stereocenters. The fourth-order valence-electron chi connectivity index (χ4n) is 4.35. The minimum absolute atomic E-state index is 0.148. The van der Waals surface area contributed by atoms with Gasteiger partial charge in [0.1, 0.15) is 0 Å². The Bertz CT molecular complexity index is 789. The lowest BCUT2D eigenvalue weighted by Gasteiger charge is -2.31. The number of nitrogens with one attached hydrogen (secondary N) is 1. The molecule has 2 aromatic carbocycles. The standard InChI is InChI=1S/C23H29N3O/c1-18-9-10-22-20(14-18)8-5-12-26(22)17-23(27)24-21-11-13-25(16-21)15-19-6-3-2-4-7-19/h2-4,6-7,9-10,14,21H,5,8,11-13,15-17H2,1H3,(H,24,27)/t21-/m0/s1. The maximum absolute atomic E-state index is 12.6. The number of hydrogen-bond acceptors (Lipinski definition) is 3. The molecule has 142 valence electrons. The van der Waals surface area contributed by atoms with Crippen molar-refractivity contribution in [1.29, 1.82) is 0 Å². The fraction of sp³-hybridized carbons (Fsp3) is 0.435. The molecule has 0 aliphatic carbocycles. The molecule has 1 saturated heterocycles. The molecule has 2 aliphatic rings. The van der Waals surface area contributed by atoms with Crippen LogP contribution in [0.3, 0.4) is 0 Å². The van der Waals surface area contributed by atoms with Crippen molar-refractivity contribution in [3.05, 3.63) is 65.2 Å². The van der Waals surface area contributed by atoms with Gasteiger partial charge in [-0.15, -0.1) is 0 Å². The maximum atomic E-state index is 12.6. The maximum Gasteiger partial charge on any atom is 0.239 e. The molecule has 4 heteroatoms. The van der Waals surface area contributed by atoms with Gasteiger partial charge in [-0.25, -0.2) is 0 Å². The van der Waals surface area contributed by atoms with Gasteiger partial charge in [0.2, 0.25) is 5.91 Å². The molecule has 4 rings (SSSR count). The van der Waals surface area contributed by atoms with Gasteiger partial charge in [-0.1, -0.05) is 48.0 Å². The summed E-state index contributed by atoms with van der Waals surface area (Å²) >= 11 is 0. The molecule has 4 nitrogen and oxygen atoms in total. The molecule has 0 unspecified atom stereocenters. The third kappa shape index (κ3) is 4.51. The van der Waals surface area contributed by atoms with Crippen molar-refractivity contribution < 1.29 is 4.79 Å². The van der Waals surface area contributed by atoms with Crippen LogP contribution in [-0.2, 0) is 17.8 Å². The highest BCUT2D eigenvalue weighted by Crippen LogP contribution is 2.27. The summed E-state index contributed by atoms with van der Waals surface area (Å²) in [6.07, 6.45) is 3.28. The molecule has 1 amide bonds. The van der Waals surface area contributed by atoms with Gasteiger partial charge in [-0.3, -0.25) is 9.69 Å². The average Bonchev–Trinajstić information content (AvgIpc) is 3.09. The van der Waals surface area contributed by atoms with Crippen LogP contribution < -0.4 is 10.2 Å². The van der Waals surface area contributed by atoms with E-state index in [-0.39, 0.29) is 11.9 Å². The summed E-state index contributed by atoms with van der Waals surface area (Å²) in [5.74, 6) is 0.148. The van der Waals surface area contributed by atoms with Crippen molar-refractivity contribution in [1.82, 2.24) is 10.2 Å². The molecule has 0 spiro atoms. The summed E-state index contributed by atoms with van der Waals surface area (Å²) in [7, 11) is 0. The number of benzene rings is 2. The Morgan fingerprint density at radius 2 is 2.00 bits per heavy atom. The monoisotopic (exact) mass is 363 g/mol. The third-order valence-electron chi connectivity index (χ3n) is 5.67. The normalized spacial score (nSPS) is 19.7. The van der Waals surface area contributed by atoms with Crippen molar-refractivity contribution in [2.45, 2.75) is 38.8 Å². The molecule has 0 aromatic heterocycles. The van der Waals surface area contributed by atoms with Crippen LogP contribution in [0, 0.1) is 6.92 Å². The quantitative estimate of drug-likeness (QED) is 0.886. The molecule has 2 aliphatic heterocycles. The number of nitrogens with zero attached hydrogens (tertiary/aromatic N) is 2. The first-order valence-electron chi connectivity index (χ1n) is 10.1. The second kappa shape index (κ2) is 8.13. The summed E-state index contributed by atoms with van der Waals surface area (Å²) in [6, 6.07) is 17.4. The van der Waals surface area contributed by atoms with E-state index in [1.807, 2.05) is 0 Å². The van der Waals surface area contributed by atoms with Gasteiger partial charge >= 0.3 is 0 Å². The summed E-state index contributed by atoms with van der Waals surface area (Å²) in [4.78, 5) is 17.3. The van der Waals surface area contributed by atoms with Crippen molar-refractivity contribution in [3.8, 4) is 0 Å². The molecule has 0 radical (unpaired) electrons. The lowest BCUT2D eigenvalue weighted by Crippen LogP contribution is -2.44. The number of carbonyl (C=O) groups is 1. The van der Waals surface area contributed by atoms with Crippen LogP contribution in [0.5, 0.6) is 0 Å². The number of hydrogen-bond donors (Lipinski definition) is 1. The second-order valence-corrected chi connectivity index (χ2v) is 7.93. The topological polar surface area (TPSA) is 35.6 Å². The zero-order valence-electron chi connectivity index (χ0n) is 16.2. The van der Waals surface area contributed by atoms with Gasteiger partial charge in [0.05, 0.1) is 6.54 Å². The lowest BCUT2D eigenvalue weighted by atomic mass is 9.99. The first-order chi connectivity index (χ1) is 13.2. The van der Waals surface area contributed by atoms with Crippen molar-refractivity contribution in [2.75, 3.05) is 31.1 Å². The van der Waals surface area contributed by atoms with E-state index in [4.69, 9.17) is 0 Å². The molecule has 1 fully saturated rings. The van der Waals surface area contributed by atoms with Crippen LogP contribution in [0.4, 0.5) is 5.69 Å². The molecule has 0 bridgehead atoms. The van der Waals surface area contributed by atoms with Crippen molar-refractivity contribution >= 4 is 11.6 Å². The number of carbonyl (C=O) groups excluding carboxylic acids is 1. The number of likely N-dealkylation sites (tertiary alicyclic amines) is 1. The molecule has 2 heterocycles. The minimum Gasteiger partial charge on any atom is -0.362 e. The Labute approximate surface area is 162 Å². The molecule has 1 N–H and O–H groups in total. The Kier molecular flexibility index (Phi) is 5.44. The average molecular weight is 364 g/mol. The van der Waals surface area contributed by atoms with Crippen LogP contribution in [0.25, 0.3) is 0 Å². The van der Waals surface area contributed by atoms with Crippen LogP contribution in [0.2, 0.25) is 0 Å². The van der Waals surface area contributed by atoms with Gasteiger partial charge < -0.3 is 10.2 Å². The summed E-state index contributed by atoms with van der Waals surface area (Å²) < 4.78 is 0. The van der Waals surface area contributed by atoms with Gasteiger partial charge in [0, 0.05) is 37.9 Å². The van der Waals surface area contributed by atoms with Crippen LogP contribution in [0.1, 0.15) is 29.5 Å². The third-order valence-corrected chi connectivity index (χ3v) is 5.67. The van der Waals surface area contributed by atoms with Crippen LogP contribution in [-0.4, -0.2) is 43.0 Å². The smallest absolute Gasteiger partial charge is 0.239 e. The summed E-state index contributed by atoms with van der Waals surface area (Å²) in [6.45, 7) is 6.51. The predicted molar refractivity (Wildman–Crippen MR) is 110 cm³/mol. The Balaban J connectivity index is 1.29. The van der Waals surface area contributed by atoms with Gasteiger partial charge in [-0.05, 0) is 43.4 Å². The van der Waals surface area contributed by atoms with Crippen LogP contribution >= 0.6 is 0 Å². The lowest BCUT2D eigenvalue weighted by molar-refractivity contribution is -0.120. The number of aryl methyl sites for hydroxylation is 2. The second-order valence-electron chi connectivity index (χ2n) is 7.93. The van der Waals surface area contributed by atoms with E-state index in [0.29, 0.717) is 6.54 Å². The molecule has 27 heavy (non-hydrogen) atoms. The minimum atomic E-state index is 0.148. The SMILES string of the molecule is Cc1ccc2c(c1)CCCN2CC(=O)N[C@H]1CCN(Cc2ccccc2)C1. The molecular formula is C23H29N3O. The Morgan fingerprint density at radius 1 is 1.15 bits per heavy atom. The van der Waals surface area contributed by atoms with E-state index in [2.05, 4.69) is 70.6 Å². The first-order valence-corrected chi connectivity index (χ1v) is 10.1. The zero-order chi connectivity index (χ0) is 18.6. The van der Waals surface area contributed by atoms with E-state index in [0.717, 1.165) is 45.4 Å². The van der Waals surface area contributed by atoms with E-state index in [9.17, 15) is 4.79 Å². The zero-order valence-corrected chi connectivity index (χ0v) is 16.2. The van der Waals surface area contributed by atoms with E-state index in [1.54, 1.807) is 0 Å². The van der Waals surface area contributed by atoms with Crippen molar-refractivity contribution in [2.24, 2.45) is 0 Å². The van der Waals surface area contributed by atoms with Crippen LogP contribution in [0.15, 0.2) is 48.5 Å². The number of rotatable bonds is 5. The molecular weight excluding hydrogens is 334 g/mol. The van der Waals surface area contributed by atoms with Gasteiger partial charge in [0.25, 0.3) is 0 Å². The van der Waals surface area contributed by atoms with E-state index < -0.39 is 0 Å². The largest absolute Gasteiger partial charge is 0.362 e. The van der Waals surface area contributed by atoms with Crippen molar-refractivity contribution in [3.63, 3.8) is 0 Å². The highest BCUT2D eigenvalue weighted by Gasteiger charge is 2.25. The number of amides is 1. The first kappa shape index (κ1) is 18.1.